The molecule has 0 radical (unpaired) electrons. The summed E-state index contributed by atoms with van der Waals surface area (Å²) in [5.74, 6) is 1.27. The molecule has 2 aromatic carbocycles. The summed E-state index contributed by atoms with van der Waals surface area (Å²) in [6, 6.07) is 17.0. The number of hydrogen-bond acceptors (Lipinski definition) is 4. The highest BCUT2D eigenvalue weighted by Gasteiger charge is 2.09. The fourth-order valence-electron chi connectivity index (χ4n) is 2.63. The van der Waals surface area contributed by atoms with E-state index in [9.17, 15) is 4.79 Å². The van der Waals surface area contributed by atoms with E-state index >= 15 is 0 Å². The van der Waals surface area contributed by atoms with E-state index in [0.29, 0.717) is 17.1 Å². The second-order valence-corrected chi connectivity index (χ2v) is 6.03. The predicted octanol–water partition coefficient (Wildman–Crippen LogP) is 4.70. The zero-order valence-corrected chi connectivity index (χ0v) is 15.0. The molecule has 0 saturated carbocycles. The first kappa shape index (κ1) is 17.5. The molecule has 132 valence electrons. The molecular weight excluding hydrogens is 326 g/mol. The van der Waals surface area contributed by atoms with E-state index in [1.165, 1.54) is 0 Å². The zero-order valence-electron chi connectivity index (χ0n) is 15.0. The van der Waals surface area contributed by atoms with Gasteiger partial charge in [-0.25, -0.2) is 4.98 Å². The first-order valence-electron chi connectivity index (χ1n) is 8.31. The van der Waals surface area contributed by atoms with Crippen LogP contribution in [-0.4, -0.2) is 18.0 Å². The van der Waals surface area contributed by atoms with Crippen molar-refractivity contribution in [3.05, 3.63) is 77.5 Å². The summed E-state index contributed by atoms with van der Waals surface area (Å²) >= 11 is 0. The molecule has 2 N–H and O–H groups in total. The van der Waals surface area contributed by atoms with Gasteiger partial charge in [0.1, 0.15) is 11.6 Å². The molecule has 0 spiro atoms. The molecule has 0 fully saturated rings. The van der Waals surface area contributed by atoms with Gasteiger partial charge in [-0.3, -0.25) is 4.79 Å². The molecule has 1 amide bonds. The number of benzene rings is 2. The normalized spacial score (nSPS) is 10.3. The maximum atomic E-state index is 12.4. The van der Waals surface area contributed by atoms with E-state index in [2.05, 4.69) is 15.6 Å². The molecule has 3 aromatic rings. The van der Waals surface area contributed by atoms with Gasteiger partial charge in [0.2, 0.25) is 0 Å². The number of anilines is 3. The quantitative estimate of drug-likeness (QED) is 0.702. The van der Waals surface area contributed by atoms with Crippen LogP contribution in [0, 0.1) is 13.8 Å². The molecule has 0 atom stereocenters. The summed E-state index contributed by atoms with van der Waals surface area (Å²) in [4.78, 5) is 16.7. The first-order valence-corrected chi connectivity index (χ1v) is 8.31. The van der Waals surface area contributed by atoms with Crippen molar-refractivity contribution in [1.82, 2.24) is 4.98 Å². The molecule has 0 aliphatic heterocycles. The van der Waals surface area contributed by atoms with Gasteiger partial charge in [-0.05, 0) is 55.3 Å². The van der Waals surface area contributed by atoms with E-state index in [1.54, 1.807) is 19.4 Å². The molecule has 1 aromatic heterocycles. The summed E-state index contributed by atoms with van der Waals surface area (Å²) in [6.45, 7) is 3.93. The van der Waals surface area contributed by atoms with Crippen molar-refractivity contribution >= 4 is 23.1 Å². The molecule has 0 aliphatic carbocycles. The largest absolute Gasteiger partial charge is 0.495 e. The number of ether oxygens (including phenoxy) is 1. The Morgan fingerprint density at radius 2 is 1.85 bits per heavy atom. The number of aryl methyl sites for hydroxylation is 2. The highest BCUT2D eigenvalue weighted by molar-refractivity contribution is 6.05. The summed E-state index contributed by atoms with van der Waals surface area (Å²) in [6.07, 6.45) is 1.63. The van der Waals surface area contributed by atoms with Crippen LogP contribution in [0.5, 0.6) is 5.75 Å². The number of amides is 1. The molecule has 0 unspecified atom stereocenters. The molecule has 5 heteroatoms. The number of pyridine rings is 1. The lowest BCUT2D eigenvalue weighted by Crippen LogP contribution is -2.13. The molecule has 5 nitrogen and oxygen atoms in total. The SMILES string of the molecule is COc1ccc(C)cc1Nc1ccc(NC(=O)c2ccccc2C)cn1. The highest BCUT2D eigenvalue weighted by Crippen LogP contribution is 2.28. The number of methoxy groups -OCH3 is 1. The van der Waals surface area contributed by atoms with Gasteiger partial charge in [0.15, 0.2) is 0 Å². The molecule has 0 aliphatic rings. The predicted molar refractivity (Wildman–Crippen MR) is 104 cm³/mol. The van der Waals surface area contributed by atoms with Gasteiger partial charge < -0.3 is 15.4 Å². The third-order valence-corrected chi connectivity index (χ3v) is 4.03. The van der Waals surface area contributed by atoms with Gasteiger partial charge in [-0.15, -0.1) is 0 Å². The Kier molecular flexibility index (Phi) is 5.17. The van der Waals surface area contributed by atoms with Crippen molar-refractivity contribution in [1.29, 1.82) is 0 Å². The maximum Gasteiger partial charge on any atom is 0.255 e. The van der Waals surface area contributed by atoms with Crippen LogP contribution in [0.4, 0.5) is 17.2 Å². The Hall–Kier alpha value is -3.34. The van der Waals surface area contributed by atoms with Crippen molar-refractivity contribution in [2.75, 3.05) is 17.7 Å². The summed E-state index contributed by atoms with van der Waals surface area (Å²) < 4.78 is 5.36. The number of carbonyl (C=O) groups is 1. The average Bonchev–Trinajstić information content (AvgIpc) is 2.64. The van der Waals surface area contributed by atoms with Crippen molar-refractivity contribution in [2.24, 2.45) is 0 Å². The van der Waals surface area contributed by atoms with Crippen LogP contribution in [0.1, 0.15) is 21.5 Å². The van der Waals surface area contributed by atoms with Crippen molar-refractivity contribution < 1.29 is 9.53 Å². The first-order chi connectivity index (χ1) is 12.6. The fraction of sp³-hybridized carbons (Fsp3) is 0.143. The lowest BCUT2D eigenvalue weighted by Gasteiger charge is -2.12. The summed E-state index contributed by atoms with van der Waals surface area (Å²) in [5.41, 5.74) is 4.19. The van der Waals surface area contributed by atoms with Gasteiger partial charge in [0, 0.05) is 5.56 Å². The molecule has 0 bridgehead atoms. The monoisotopic (exact) mass is 347 g/mol. The Labute approximate surface area is 153 Å². The molecule has 26 heavy (non-hydrogen) atoms. The fourth-order valence-corrected chi connectivity index (χ4v) is 2.63. The van der Waals surface area contributed by atoms with Gasteiger partial charge in [0.05, 0.1) is 24.7 Å². The third kappa shape index (κ3) is 4.00. The van der Waals surface area contributed by atoms with Gasteiger partial charge in [0.25, 0.3) is 5.91 Å². The minimum atomic E-state index is -0.147. The van der Waals surface area contributed by atoms with Crippen LogP contribution >= 0.6 is 0 Å². The molecule has 0 saturated heterocycles. The molecule has 3 rings (SSSR count). The second-order valence-electron chi connectivity index (χ2n) is 6.03. The average molecular weight is 347 g/mol. The van der Waals surface area contributed by atoms with Crippen molar-refractivity contribution in [3.8, 4) is 5.75 Å². The van der Waals surface area contributed by atoms with Crippen LogP contribution < -0.4 is 15.4 Å². The van der Waals surface area contributed by atoms with Gasteiger partial charge >= 0.3 is 0 Å². The zero-order chi connectivity index (χ0) is 18.5. The third-order valence-electron chi connectivity index (χ3n) is 4.03. The van der Waals surface area contributed by atoms with E-state index in [1.807, 2.05) is 62.4 Å². The standard InChI is InChI=1S/C21H21N3O2/c1-14-8-10-19(26-3)18(12-14)24-20-11-9-16(13-22-20)23-21(25)17-7-5-4-6-15(17)2/h4-13H,1-3H3,(H,22,24)(H,23,25). The van der Waals surface area contributed by atoms with Gasteiger partial charge in [-0.1, -0.05) is 24.3 Å². The number of nitrogens with zero attached hydrogens (tertiary/aromatic N) is 1. The maximum absolute atomic E-state index is 12.4. The van der Waals surface area contributed by atoms with Gasteiger partial charge in [-0.2, -0.15) is 0 Å². The molecule has 1 heterocycles. The minimum absolute atomic E-state index is 0.147. The number of nitrogens with one attached hydrogen (secondary N) is 2. The lowest BCUT2D eigenvalue weighted by molar-refractivity contribution is 0.102. The van der Waals surface area contributed by atoms with E-state index < -0.39 is 0 Å². The number of carbonyl (C=O) groups excluding carboxylic acids is 1. The van der Waals surface area contributed by atoms with E-state index in [-0.39, 0.29) is 5.91 Å². The Morgan fingerprint density at radius 3 is 2.54 bits per heavy atom. The van der Waals surface area contributed by atoms with E-state index in [0.717, 1.165) is 22.6 Å². The summed E-state index contributed by atoms with van der Waals surface area (Å²) in [7, 11) is 1.63. The Bertz CT molecular complexity index is 921. The minimum Gasteiger partial charge on any atom is -0.495 e. The lowest BCUT2D eigenvalue weighted by atomic mass is 10.1. The number of aromatic nitrogens is 1. The van der Waals surface area contributed by atoms with Crippen LogP contribution in [0.3, 0.4) is 0 Å². The van der Waals surface area contributed by atoms with Crippen LogP contribution in [0.15, 0.2) is 60.8 Å². The highest BCUT2D eigenvalue weighted by atomic mass is 16.5. The summed E-state index contributed by atoms with van der Waals surface area (Å²) in [5, 5.41) is 6.10. The number of hydrogen-bond donors (Lipinski definition) is 2. The van der Waals surface area contributed by atoms with E-state index in [4.69, 9.17) is 4.74 Å². The molecular formula is C21H21N3O2. The second kappa shape index (κ2) is 7.70. The van der Waals surface area contributed by atoms with Crippen LogP contribution in [0.25, 0.3) is 0 Å². The van der Waals surface area contributed by atoms with Crippen LogP contribution in [0.2, 0.25) is 0 Å². The smallest absolute Gasteiger partial charge is 0.255 e. The van der Waals surface area contributed by atoms with Crippen LogP contribution in [-0.2, 0) is 0 Å². The Balaban J connectivity index is 1.72. The van der Waals surface area contributed by atoms with Crippen molar-refractivity contribution in [3.63, 3.8) is 0 Å². The topological polar surface area (TPSA) is 63.2 Å². The Morgan fingerprint density at radius 1 is 1.04 bits per heavy atom. The van der Waals surface area contributed by atoms with Crippen molar-refractivity contribution in [2.45, 2.75) is 13.8 Å². The number of rotatable bonds is 5.